The van der Waals surface area contributed by atoms with E-state index in [0.717, 1.165) is 5.57 Å². The number of hydrogen-bond donors (Lipinski definition) is 3. The summed E-state index contributed by atoms with van der Waals surface area (Å²) in [7, 11) is 7.64. The molecule has 0 unspecified atom stereocenters. The van der Waals surface area contributed by atoms with Gasteiger partial charge in [-0.1, -0.05) is 44.6 Å². The number of aliphatic hydroxyl groups excluding tert-OH is 2. The van der Waals surface area contributed by atoms with Crippen LogP contribution in [0.4, 0.5) is 0 Å². The molecule has 1 amide bonds. The molecule has 3 N–H and O–H groups in total. The maximum atomic E-state index is 14.4. The Morgan fingerprint density at radius 2 is 1.55 bits per heavy atom. The van der Waals surface area contributed by atoms with Crippen LogP contribution in [-0.2, 0) is 52.3 Å². The number of fused-ring (bicyclic) bond motifs is 3. The Kier molecular flexibility index (Phi) is 19.9. The molecule has 2 saturated heterocycles. The lowest BCUT2D eigenvalue weighted by Gasteiger charge is -2.47. The first-order valence-electron chi connectivity index (χ1n) is 22.4. The number of esters is 1. The van der Waals surface area contributed by atoms with E-state index >= 15 is 0 Å². The first-order chi connectivity index (χ1) is 29.4. The van der Waals surface area contributed by atoms with Gasteiger partial charge >= 0.3 is 5.97 Å². The molecule has 2 bridgehead atoms. The summed E-state index contributed by atoms with van der Waals surface area (Å²) in [5, 5.41) is 34.5. The molecule has 3 fully saturated rings. The van der Waals surface area contributed by atoms with Crippen LogP contribution in [0.2, 0.25) is 0 Å². The molecule has 1 saturated carbocycles. The van der Waals surface area contributed by atoms with Crippen LogP contribution in [-0.4, -0.2) is 147 Å². The number of rotatable bonds is 10. The van der Waals surface area contributed by atoms with Crippen molar-refractivity contribution in [2.75, 3.05) is 42.1 Å². The van der Waals surface area contributed by atoms with Gasteiger partial charge in [-0.2, -0.15) is 0 Å². The molecule has 0 aromatic rings. The number of piperidine rings is 1. The molecule has 0 spiro atoms. The minimum atomic E-state index is -2.53. The van der Waals surface area contributed by atoms with Crippen LogP contribution in [0, 0.1) is 29.6 Å². The average Bonchev–Trinajstić information content (AvgIpc) is 3.25. The van der Waals surface area contributed by atoms with Crippen molar-refractivity contribution in [2.45, 2.75) is 166 Å². The van der Waals surface area contributed by atoms with E-state index in [2.05, 4.69) is 0 Å². The van der Waals surface area contributed by atoms with Gasteiger partial charge < -0.3 is 53.4 Å². The summed E-state index contributed by atoms with van der Waals surface area (Å²) in [6, 6.07) is -1.16. The van der Waals surface area contributed by atoms with E-state index in [1.807, 2.05) is 39.0 Å². The molecular formula is C47H75NO14. The fourth-order valence-electron chi connectivity index (χ4n) is 9.83. The third kappa shape index (κ3) is 12.9. The van der Waals surface area contributed by atoms with Crippen LogP contribution in [0.5, 0.6) is 0 Å². The van der Waals surface area contributed by atoms with Gasteiger partial charge in [0.15, 0.2) is 6.29 Å². The molecule has 352 valence electrons. The minimum absolute atomic E-state index is 0.0288. The lowest BCUT2D eigenvalue weighted by molar-refractivity contribution is -0.302. The maximum Gasteiger partial charge on any atom is 0.329 e. The predicted octanol–water partition coefficient (Wildman–Crippen LogP) is 4.63. The van der Waals surface area contributed by atoms with E-state index in [1.165, 1.54) is 33.3 Å². The topological polar surface area (TPSA) is 197 Å². The van der Waals surface area contributed by atoms with Crippen LogP contribution in [0.25, 0.3) is 0 Å². The SMILES string of the molecule is COC(/C=C/C[C@@H]1/C=C(\C)C[C@H](C)C[C@H](OC)[C@H]2O[C@@](O)(C(=O)C(=O)N3CCCC[C@H]3C(=O)O[C@H](/C(C)=C/[C@@H]3CC[C@@H](O)[C@H](OC)C3)[C@H](C)[C@@H](O)CC1=O)[C@H](C)C[C@@H]2OC)OC. The molecule has 1 aliphatic carbocycles. The highest BCUT2D eigenvalue weighted by Crippen LogP contribution is 2.39. The highest BCUT2D eigenvalue weighted by Gasteiger charge is 2.56. The third-order valence-corrected chi connectivity index (χ3v) is 13.6. The van der Waals surface area contributed by atoms with Crippen molar-refractivity contribution in [1.82, 2.24) is 4.90 Å². The molecule has 0 aromatic heterocycles. The standard InChI is InChI=1S/C47H75NO14/c1-27-20-28(2)22-39(57-7)43-40(58-8)24-30(4)47(55,62-43)44(52)45(53)48-19-12-11-15-34(48)46(54)61-42(29(3)23-32-17-18-35(49)38(25-32)56-6)31(5)36(50)26-37(51)33(21-27)14-13-16-41(59-9)60-10/h13,16,21,23,28,30-36,38-43,49-50,55H,11-12,14-15,17-20,22,24-26H2,1-10H3/b16-13+,27-21+,29-23+/t28-,30+,31+,32-,33+,34-,35+,36-,38+,39-,40-,42+,43+,47+/m0/s1. The summed E-state index contributed by atoms with van der Waals surface area (Å²) in [6.07, 6.45) is 5.73. The molecule has 4 rings (SSSR count). The number of allylic oxidation sites excluding steroid dienone is 4. The Morgan fingerprint density at radius 3 is 2.19 bits per heavy atom. The van der Waals surface area contributed by atoms with Gasteiger partial charge in [0.25, 0.3) is 11.7 Å². The number of hydrogen-bond acceptors (Lipinski definition) is 14. The van der Waals surface area contributed by atoms with Crippen LogP contribution in [0.3, 0.4) is 0 Å². The van der Waals surface area contributed by atoms with Gasteiger partial charge in [0.05, 0.1) is 30.5 Å². The second-order valence-corrected chi connectivity index (χ2v) is 18.3. The minimum Gasteiger partial charge on any atom is -0.456 e. The molecule has 62 heavy (non-hydrogen) atoms. The molecule has 3 heterocycles. The molecule has 14 atom stereocenters. The Hall–Kier alpha value is -2.86. The number of carbonyl (C=O) groups excluding carboxylic acids is 4. The Balaban J connectivity index is 1.80. The quantitative estimate of drug-likeness (QED) is 0.119. The van der Waals surface area contributed by atoms with Crippen LogP contribution < -0.4 is 0 Å². The van der Waals surface area contributed by atoms with Crippen molar-refractivity contribution in [3.8, 4) is 0 Å². The zero-order valence-corrected chi connectivity index (χ0v) is 38.7. The van der Waals surface area contributed by atoms with Crippen molar-refractivity contribution < 1.29 is 67.7 Å². The second-order valence-electron chi connectivity index (χ2n) is 18.3. The summed E-state index contributed by atoms with van der Waals surface area (Å²) in [4.78, 5) is 58.5. The highest BCUT2D eigenvalue weighted by molar-refractivity contribution is 6.39. The van der Waals surface area contributed by atoms with Gasteiger partial charge in [-0.05, 0) is 102 Å². The molecule has 15 nitrogen and oxygen atoms in total. The van der Waals surface area contributed by atoms with Gasteiger partial charge in [-0.25, -0.2) is 4.79 Å². The first kappa shape index (κ1) is 51.8. The largest absolute Gasteiger partial charge is 0.456 e. The predicted molar refractivity (Wildman–Crippen MR) is 229 cm³/mol. The number of ketones is 2. The van der Waals surface area contributed by atoms with Gasteiger partial charge in [0.1, 0.15) is 24.0 Å². The fourth-order valence-corrected chi connectivity index (χ4v) is 9.83. The van der Waals surface area contributed by atoms with Crippen molar-refractivity contribution in [1.29, 1.82) is 0 Å². The zero-order valence-electron chi connectivity index (χ0n) is 38.7. The van der Waals surface area contributed by atoms with Crippen LogP contribution in [0.15, 0.2) is 35.5 Å². The Labute approximate surface area is 368 Å². The van der Waals surface area contributed by atoms with Gasteiger partial charge in [0.2, 0.25) is 5.79 Å². The van der Waals surface area contributed by atoms with Crippen molar-refractivity contribution >= 4 is 23.4 Å². The monoisotopic (exact) mass is 878 g/mol. The molecular weight excluding hydrogens is 803 g/mol. The number of carbonyl (C=O) groups is 4. The third-order valence-electron chi connectivity index (χ3n) is 13.6. The smallest absolute Gasteiger partial charge is 0.329 e. The molecule has 0 radical (unpaired) electrons. The number of nitrogens with zero attached hydrogens (tertiary/aromatic N) is 1. The zero-order chi connectivity index (χ0) is 45.9. The van der Waals surface area contributed by atoms with Crippen molar-refractivity contribution in [3.05, 3.63) is 35.5 Å². The van der Waals surface area contributed by atoms with Crippen LogP contribution in [0.1, 0.15) is 105 Å². The van der Waals surface area contributed by atoms with E-state index in [0.29, 0.717) is 56.9 Å². The number of aliphatic hydroxyl groups is 3. The Bertz CT molecular complexity index is 1590. The van der Waals surface area contributed by atoms with Gasteiger partial charge in [-0.15, -0.1) is 0 Å². The second kappa shape index (κ2) is 23.9. The average molecular weight is 878 g/mol. The van der Waals surface area contributed by atoms with Crippen molar-refractivity contribution in [2.24, 2.45) is 29.6 Å². The summed E-state index contributed by atoms with van der Waals surface area (Å²) in [5.41, 5.74) is 1.56. The summed E-state index contributed by atoms with van der Waals surface area (Å²) in [5.74, 6) is -8.05. The molecule has 3 aliphatic heterocycles. The lowest BCUT2D eigenvalue weighted by atomic mass is 9.81. The summed E-state index contributed by atoms with van der Waals surface area (Å²) < 4.78 is 40.6. The summed E-state index contributed by atoms with van der Waals surface area (Å²) >= 11 is 0. The number of cyclic esters (lactones) is 1. The van der Waals surface area contributed by atoms with Gasteiger partial charge in [-0.3, -0.25) is 14.4 Å². The Morgan fingerprint density at radius 1 is 0.887 bits per heavy atom. The fraction of sp³-hybridized carbons (Fsp3) is 0.787. The summed E-state index contributed by atoms with van der Waals surface area (Å²) in [6.45, 7) is 9.21. The molecule has 4 aliphatic rings. The normalized spacial score (nSPS) is 38.9. The van der Waals surface area contributed by atoms with Crippen molar-refractivity contribution in [3.63, 3.8) is 0 Å². The van der Waals surface area contributed by atoms with Crippen LogP contribution >= 0.6 is 0 Å². The van der Waals surface area contributed by atoms with Gasteiger partial charge in [0, 0.05) is 66.3 Å². The first-order valence-corrected chi connectivity index (χ1v) is 22.4. The maximum absolute atomic E-state index is 14.4. The molecule has 0 aromatic carbocycles. The van der Waals surface area contributed by atoms with E-state index in [-0.39, 0.29) is 49.5 Å². The number of amides is 1. The van der Waals surface area contributed by atoms with E-state index in [1.54, 1.807) is 27.0 Å². The lowest BCUT2D eigenvalue weighted by Crippen LogP contribution is -2.64. The van der Waals surface area contributed by atoms with E-state index in [9.17, 15) is 34.5 Å². The molecule has 15 heteroatoms. The number of methoxy groups -OCH3 is 5. The highest BCUT2D eigenvalue weighted by atomic mass is 16.7. The number of Topliss-reactive ketones (excluding diaryl/α,β-unsaturated/α-hetero) is 2. The van der Waals surface area contributed by atoms with E-state index < -0.39 is 90.2 Å². The van der Waals surface area contributed by atoms with E-state index in [4.69, 9.17) is 33.2 Å². The number of ether oxygens (including phenoxy) is 7.